The molecule has 0 atom stereocenters. The van der Waals surface area contributed by atoms with Gasteiger partial charge in [-0.3, -0.25) is 4.79 Å². The molecule has 2 aromatic heterocycles. The van der Waals surface area contributed by atoms with Crippen LogP contribution in [0.5, 0.6) is 5.75 Å². The number of aromatic nitrogens is 4. The van der Waals surface area contributed by atoms with Crippen molar-refractivity contribution in [1.82, 2.24) is 25.1 Å². The topological polar surface area (TPSA) is 94.4 Å². The van der Waals surface area contributed by atoms with E-state index in [1.54, 1.807) is 23.9 Å². The molecule has 1 aromatic carbocycles. The lowest BCUT2D eigenvalue weighted by Crippen LogP contribution is -2.37. The molecule has 0 radical (unpaired) electrons. The molecule has 1 aliphatic heterocycles. The van der Waals surface area contributed by atoms with E-state index in [9.17, 15) is 4.79 Å². The molecule has 1 N–H and O–H groups in total. The maximum absolute atomic E-state index is 12.7. The Morgan fingerprint density at radius 3 is 2.79 bits per heavy atom. The lowest BCUT2D eigenvalue weighted by atomic mass is 10.2. The minimum absolute atomic E-state index is 0.171. The highest BCUT2D eigenvalue weighted by atomic mass is 32.2. The van der Waals surface area contributed by atoms with Crippen LogP contribution in [0, 0.1) is 0 Å². The zero-order chi connectivity index (χ0) is 23.2. The van der Waals surface area contributed by atoms with Gasteiger partial charge in [0.15, 0.2) is 10.8 Å². The first-order valence-corrected chi connectivity index (χ1v) is 12.2. The molecule has 1 fully saturated rings. The molecular weight excluding hydrogens is 440 g/mol. The van der Waals surface area contributed by atoms with E-state index in [1.807, 2.05) is 29.9 Å². The number of carbonyl (C=O) groups excluding carboxylic acids is 1. The predicted molar refractivity (Wildman–Crippen MR) is 129 cm³/mol. The van der Waals surface area contributed by atoms with Crippen LogP contribution >= 0.6 is 11.8 Å². The standard InChI is InChI=1S/C23H30N6O3S/c1-4-32-19-8-6-5-7-17(19)22(30)24-9-10-29-21-18(15-25-29)20(28-11-13-31-14-12-28)26-23(27-21)33-16(2)3/h5-8,15-16H,4,9-14H2,1-3H3,(H,24,30). The van der Waals surface area contributed by atoms with Crippen LogP contribution in [0.15, 0.2) is 35.6 Å². The van der Waals surface area contributed by atoms with Crippen molar-refractivity contribution in [2.75, 3.05) is 44.4 Å². The highest BCUT2D eigenvalue weighted by Gasteiger charge is 2.21. The highest BCUT2D eigenvalue weighted by Crippen LogP contribution is 2.29. The Balaban J connectivity index is 1.52. The Hall–Kier alpha value is -2.85. The van der Waals surface area contributed by atoms with Crippen LogP contribution in [-0.4, -0.2) is 70.4 Å². The number of morpholine rings is 1. The summed E-state index contributed by atoms with van der Waals surface area (Å²) in [7, 11) is 0. The second-order valence-electron chi connectivity index (χ2n) is 7.89. The number of rotatable bonds is 9. The molecule has 3 aromatic rings. The van der Waals surface area contributed by atoms with Crippen molar-refractivity contribution in [2.24, 2.45) is 0 Å². The molecule has 1 saturated heterocycles. The Morgan fingerprint density at radius 1 is 1.24 bits per heavy atom. The lowest BCUT2D eigenvalue weighted by Gasteiger charge is -2.28. The normalized spacial score (nSPS) is 14.1. The van der Waals surface area contributed by atoms with E-state index in [0.717, 1.165) is 35.1 Å². The van der Waals surface area contributed by atoms with E-state index in [0.29, 0.717) is 49.5 Å². The van der Waals surface area contributed by atoms with Crippen molar-refractivity contribution in [3.63, 3.8) is 0 Å². The van der Waals surface area contributed by atoms with Crippen molar-refractivity contribution in [2.45, 2.75) is 37.7 Å². The largest absolute Gasteiger partial charge is 0.493 e. The summed E-state index contributed by atoms with van der Waals surface area (Å²) in [5.41, 5.74) is 1.30. The second-order valence-corrected chi connectivity index (χ2v) is 9.43. The summed E-state index contributed by atoms with van der Waals surface area (Å²) in [4.78, 5) is 24.6. The summed E-state index contributed by atoms with van der Waals surface area (Å²) in [6, 6.07) is 7.25. The molecule has 0 spiro atoms. The summed E-state index contributed by atoms with van der Waals surface area (Å²) in [5.74, 6) is 1.31. The molecule has 10 heteroatoms. The molecule has 33 heavy (non-hydrogen) atoms. The maximum atomic E-state index is 12.7. The molecule has 9 nitrogen and oxygen atoms in total. The third-order valence-electron chi connectivity index (χ3n) is 5.15. The van der Waals surface area contributed by atoms with Crippen molar-refractivity contribution in [1.29, 1.82) is 0 Å². The SMILES string of the molecule is CCOc1ccccc1C(=O)NCCn1ncc2c(N3CCOCC3)nc(SC(C)C)nc21. The van der Waals surface area contributed by atoms with Crippen LogP contribution in [0.4, 0.5) is 5.82 Å². The van der Waals surface area contributed by atoms with Gasteiger partial charge in [0, 0.05) is 24.9 Å². The van der Waals surface area contributed by atoms with Gasteiger partial charge in [-0.2, -0.15) is 5.10 Å². The summed E-state index contributed by atoms with van der Waals surface area (Å²) in [6.07, 6.45) is 1.82. The summed E-state index contributed by atoms with van der Waals surface area (Å²) in [5, 5.41) is 9.54. The van der Waals surface area contributed by atoms with Gasteiger partial charge in [0.25, 0.3) is 5.91 Å². The summed E-state index contributed by atoms with van der Waals surface area (Å²) in [6.45, 7) is 10.5. The number of benzene rings is 1. The number of nitrogens with one attached hydrogen (secondary N) is 1. The van der Waals surface area contributed by atoms with Crippen molar-refractivity contribution in [3.05, 3.63) is 36.0 Å². The Labute approximate surface area is 197 Å². The van der Waals surface area contributed by atoms with Gasteiger partial charge in [0.2, 0.25) is 0 Å². The molecule has 1 aliphatic rings. The molecule has 0 bridgehead atoms. The number of hydrogen-bond acceptors (Lipinski definition) is 8. The lowest BCUT2D eigenvalue weighted by molar-refractivity contribution is 0.0948. The van der Waals surface area contributed by atoms with Crippen LogP contribution in [0.3, 0.4) is 0 Å². The van der Waals surface area contributed by atoms with Crippen molar-refractivity contribution < 1.29 is 14.3 Å². The van der Waals surface area contributed by atoms with Gasteiger partial charge < -0.3 is 19.7 Å². The number of hydrogen-bond donors (Lipinski definition) is 1. The average Bonchev–Trinajstić information content (AvgIpc) is 3.22. The van der Waals surface area contributed by atoms with Crippen LogP contribution in [0.25, 0.3) is 11.0 Å². The smallest absolute Gasteiger partial charge is 0.255 e. The first-order valence-electron chi connectivity index (χ1n) is 11.3. The van der Waals surface area contributed by atoms with Crippen molar-refractivity contribution in [3.8, 4) is 5.75 Å². The van der Waals surface area contributed by atoms with E-state index in [-0.39, 0.29) is 5.91 Å². The monoisotopic (exact) mass is 470 g/mol. The molecule has 176 valence electrons. The Bertz CT molecular complexity index is 1100. The average molecular weight is 471 g/mol. The van der Waals surface area contributed by atoms with Gasteiger partial charge in [-0.15, -0.1) is 0 Å². The van der Waals surface area contributed by atoms with E-state index in [2.05, 4.69) is 29.2 Å². The number of nitrogens with zero attached hydrogens (tertiary/aromatic N) is 5. The number of ether oxygens (including phenoxy) is 2. The number of carbonyl (C=O) groups is 1. The number of fused-ring (bicyclic) bond motifs is 1. The first kappa shape index (κ1) is 23.3. The van der Waals surface area contributed by atoms with E-state index in [1.165, 1.54) is 0 Å². The van der Waals surface area contributed by atoms with Gasteiger partial charge in [-0.05, 0) is 19.1 Å². The third-order valence-corrected chi connectivity index (χ3v) is 6.01. The number of para-hydroxylation sites is 1. The van der Waals surface area contributed by atoms with Crippen LogP contribution in [-0.2, 0) is 11.3 Å². The fourth-order valence-corrected chi connectivity index (χ4v) is 4.37. The molecule has 3 heterocycles. The molecule has 4 rings (SSSR count). The maximum Gasteiger partial charge on any atom is 0.255 e. The predicted octanol–water partition coefficient (Wildman–Crippen LogP) is 2.99. The van der Waals surface area contributed by atoms with E-state index < -0.39 is 0 Å². The van der Waals surface area contributed by atoms with Crippen LogP contribution in [0.2, 0.25) is 0 Å². The minimum atomic E-state index is -0.171. The van der Waals surface area contributed by atoms with E-state index in [4.69, 9.17) is 19.4 Å². The van der Waals surface area contributed by atoms with E-state index >= 15 is 0 Å². The zero-order valence-corrected chi connectivity index (χ0v) is 20.1. The molecular formula is C23H30N6O3S. The number of thioether (sulfide) groups is 1. The highest BCUT2D eigenvalue weighted by molar-refractivity contribution is 7.99. The van der Waals surface area contributed by atoms with Gasteiger partial charge in [-0.25, -0.2) is 14.6 Å². The number of anilines is 1. The Kier molecular flexibility index (Phi) is 7.66. The minimum Gasteiger partial charge on any atom is -0.493 e. The van der Waals surface area contributed by atoms with Gasteiger partial charge in [0.05, 0.1) is 43.5 Å². The molecule has 0 unspecified atom stereocenters. The van der Waals surface area contributed by atoms with Gasteiger partial charge in [-0.1, -0.05) is 37.7 Å². The van der Waals surface area contributed by atoms with Gasteiger partial charge >= 0.3 is 0 Å². The molecule has 0 saturated carbocycles. The second kappa shape index (κ2) is 10.8. The van der Waals surface area contributed by atoms with Crippen LogP contribution in [0.1, 0.15) is 31.1 Å². The zero-order valence-electron chi connectivity index (χ0n) is 19.3. The summed E-state index contributed by atoms with van der Waals surface area (Å²) < 4.78 is 12.9. The van der Waals surface area contributed by atoms with Crippen molar-refractivity contribution >= 4 is 34.5 Å². The third kappa shape index (κ3) is 5.56. The first-order chi connectivity index (χ1) is 16.1. The fraction of sp³-hybridized carbons (Fsp3) is 0.478. The molecule has 0 aliphatic carbocycles. The molecule has 1 amide bonds. The van der Waals surface area contributed by atoms with Gasteiger partial charge in [0.1, 0.15) is 11.6 Å². The van der Waals surface area contributed by atoms with Crippen LogP contribution < -0.4 is 15.0 Å². The Morgan fingerprint density at radius 2 is 2.03 bits per heavy atom. The number of amides is 1. The fourth-order valence-electron chi connectivity index (χ4n) is 3.67. The summed E-state index contributed by atoms with van der Waals surface area (Å²) >= 11 is 1.63. The quantitative estimate of drug-likeness (QED) is 0.377.